The van der Waals surface area contributed by atoms with Gasteiger partial charge in [0, 0.05) is 19.3 Å². The molecule has 2 heterocycles. The first-order valence-corrected chi connectivity index (χ1v) is 5.81. The van der Waals surface area contributed by atoms with Gasteiger partial charge in [0.1, 0.15) is 5.82 Å². The van der Waals surface area contributed by atoms with Gasteiger partial charge in [0.15, 0.2) is 0 Å². The number of aromatic nitrogens is 1. The molecule has 94 valence electrons. The van der Waals surface area contributed by atoms with Crippen LogP contribution in [0, 0.1) is 12.3 Å². The highest BCUT2D eigenvalue weighted by Crippen LogP contribution is 2.12. The normalized spacial score (nSPS) is 14.9. The first kappa shape index (κ1) is 12.4. The summed E-state index contributed by atoms with van der Waals surface area (Å²) in [4.78, 5) is 18.0. The van der Waals surface area contributed by atoms with E-state index in [4.69, 9.17) is 11.2 Å². The van der Waals surface area contributed by atoms with Gasteiger partial charge < -0.3 is 15.0 Å². The van der Waals surface area contributed by atoms with Gasteiger partial charge >= 0.3 is 0 Å². The summed E-state index contributed by atoms with van der Waals surface area (Å²) in [7, 11) is 0. The monoisotopic (exact) mass is 245 g/mol. The van der Waals surface area contributed by atoms with Crippen LogP contribution in [0.25, 0.3) is 0 Å². The van der Waals surface area contributed by atoms with Gasteiger partial charge in [-0.2, -0.15) is 0 Å². The lowest BCUT2D eigenvalue weighted by Gasteiger charge is -2.27. The molecule has 1 amide bonds. The van der Waals surface area contributed by atoms with Gasteiger partial charge in [-0.15, -0.1) is 6.42 Å². The van der Waals surface area contributed by atoms with Crippen LogP contribution in [0.4, 0.5) is 5.82 Å². The summed E-state index contributed by atoms with van der Waals surface area (Å²) >= 11 is 0. The number of nitrogens with one attached hydrogen (secondary N) is 1. The number of amides is 1. The van der Waals surface area contributed by atoms with Crippen molar-refractivity contribution in [1.82, 2.24) is 10.3 Å². The Labute approximate surface area is 106 Å². The van der Waals surface area contributed by atoms with Gasteiger partial charge in [-0.05, 0) is 12.1 Å². The molecule has 0 spiro atoms. The van der Waals surface area contributed by atoms with E-state index in [1.807, 2.05) is 6.07 Å². The second kappa shape index (κ2) is 6.03. The molecule has 5 heteroatoms. The highest BCUT2D eigenvalue weighted by Gasteiger charge is 2.13. The molecule has 0 bridgehead atoms. The van der Waals surface area contributed by atoms with E-state index in [2.05, 4.69) is 21.1 Å². The average molecular weight is 245 g/mol. The first-order chi connectivity index (χ1) is 8.81. The molecule has 1 aromatic rings. The molecule has 1 aliphatic rings. The van der Waals surface area contributed by atoms with E-state index in [1.54, 1.807) is 12.3 Å². The molecule has 1 fully saturated rings. The summed E-state index contributed by atoms with van der Waals surface area (Å²) in [5.41, 5.74) is 0.516. The predicted molar refractivity (Wildman–Crippen MR) is 68.4 cm³/mol. The largest absolute Gasteiger partial charge is 0.378 e. The zero-order chi connectivity index (χ0) is 12.8. The Morgan fingerprint density at radius 1 is 1.50 bits per heavy atom. The van der Waals surface area contributed by atoms with E-state index < -0.39 is 0 Å². The third-order valence-electron chi connectivity index (χ3n) is 2.70. The Bertz CT molecular complexity index is 444. The van der Waals surface area contributed by atoms with Crippen molar-refractivity contribution in [3.63, 3.8) is 0 Å². The number of rotatable bonds is 3. The van der Waals surface area contributed by atoms with Crippen LogP contribution in [-0.2, 0) is 4.74 Å². The molecule has 5 nitrogen and oxygen atoms in total. The number of hydrogen-bond acceptors (Lipinski definition) is 4. The van der Waals surface area contributed by atoms with Crippen molar-refractivity contribution in [3.05, 3.63) is 23.9 Å². The fourth-order valence-corrected chi connectivity index (χ4v) is 1.73. The zero-order valence-electron chi connectivity index (χ0n) is 10.1. The van der Waals surface area contributed by atoms with Crippen molar-refractivity contribution in [2.24, 2.45) is 0 Å². The number of anilines is 1. The van der Waals surface area contributed by atoms with Crippen LogP contribution < -0.4 is 10.2 Å². The predicted octanol–water partition coefficient (Wildman–Crippen LogP) is 0.281. The molecule has 2 rings (SSSR count). The Balaban J connectivity index is 2.00. The molecule has 18 heavy (non-hydrogen) atoms. The van der Waals surface area contributed by atoms with Crippen molar-refractivity contribution < 1.29 is 9.53 Å². The van der Waals surface area contributed by atoms with E-state index in [0.717, 1.165) is 18.9 Å². The van der Waals surface area contributed by atoms with Crippen LogP contribution in [0.2, 0.25) is 0 Å². The maximum atomic E-state index is 11.6. The molecule has 0 atom stereocenters. The minimum Gasteiger partial charge on any atom is -0.378 e. The summed E-state index contributed by atoms with van der Waals surface area (Å²) in [5, 5.41) is 2.60. The summed E-state index contributed by atoms with van der Waals surface area (Å²) in [6, 6.07) is 3.60. The second-order valence-corrected chi connectivity index (χ2v) is 3.89. The van der Waals surface area contributed by atoms with Crippen LogP contribution in [0.1, 0.15) is 10.4 Å². The highest BCUT2D eigenvalue weighted by molar-refractivity contribution is 5.94. The van der Waals surface area contributed by atoms with Crippen molar-refractivity contribution in [2.45, 2.75) is 0 Å². The maximum absolute atomic E-state index is 11.6. The van der Waals surface area contributed by atoms with E-state index in [9.17, 15) is 4.79 Å². The van der Waals surface area contributed by atoms with Crippen LogP contribution in [0.5, 0.6) is 0 Å². The fraction of sp³-hybridized carbons (Fsp3) is 0.385. The Morgan fingerprint density at radius 2 is 2.28 bits per heavy atom. The smallest absolute Gasteiger partial charge is 0.253 e. The summed E-state index contributed by atoms with van der Waals surface area (Å²) in [6.07, 6.45) is 6.64. The molecule has 1 saturated heterocycles. The van der Waals surface area contributed by atoms with Gasteiger partial charge in [-0.3, -0.25) is 4.79 Å². The van der Waals surface area contributed by atoms with Crippen LogP contribution in [-0.4, -0.2) is 43.7 Å². The van der Waals surface area contributed by atoms with E-state index in [1.165, 1.54) is 0 Å². The molecule has 0 aromatic carbocycles. The number of morpholine rings is 1. The number of carbonyl (C=O) groups is 1. The zero-order valence-corrected chi connectivity index (χ0v) is 10.1. The molecule has 0 unspecified atom stereocenters. The molecule has 1 N–H and O–H groups in total. The quantitative estimate of drug-likeness (QED) is 0.777. The van der Waals surface area contributed by atoms with Crippen molar-refractivity contribution >= 4 is 11.7 Å². The van der Waals surface area contributed by atoms with Crippen LogP contribution >= 0.6 is 0 Å². The minimum absolute atomic E-state index is 0.200. The number of ether oxygens (including phenoxy) is 1. The van der Waals surface area contributed by atoms with Gasteiger partial charge in [-0.1, -0.05) is 5.92 Å². The summed E-state index contributed by atoms with van der Waals surface area (Å²) < 4.78 is 5.28. The lowest BCUT2D eigenvalue weighted by molar-refractivity contribution is 0.0958. The molecule has 1 aromatic heterocycles. The first-order valence-electron chi connectivity index (χ1n) is 5.81. The molecule has 0 radical (unpaired) electrons. The summed E-state index contributed by atoms with van der Waals surface area (Å²) in [5.74, 6) is 3.02. The molecule has 0 saturated carbocycles. The molecule has 0 aliphatic carbocycles. The van der Waals surface area contributed by atoms with Gasteiger partial charge in [0.25, 0.3) is 5.91 Å². The molecular weight excluding hydrogens is 230 g/mol. The maximum Gasteiger partial charge on any atom is 0.253 e. The number of terminal acetylenes is 1. The third-order valence-corrected chi connectivity index (χ3v) is 2.70. The molecular formula is C13H15N3O2. The molecule has 1 aliphatic heterocycles. The van der Waals surface area contributed by atoms with E-state index in [0.29, 0.717) is 18.8 Å². The van der Waals surface area contributed by atoms with Crippen molar-refractivity contribution in [1.29, 1.82) is 0 Å². The topological polar surface area (TPSA) is 54.5 Å². The number of pyridine rings is 1. The minimum atomic E-state index is -0.200. The van der Waals surface area contributed by atoms with Crippen LogP contribution in [0.3, 0.4) is 0 Å². The lowest BCUT2D eigenvalue weighted by atomic mass is 10.2. The van der Waals surface area contributed by atoms with Crippen molar-refractivity contribution in [2.75, 3.05) is 37.7 Å². The number of nitrogens with zero attached hydrogens (tertiary/aromatic N) is 2. The standard InChI is InChI=1S/C13H15N3O2/c1-2-5-14-13(17)11-3-4-12(15-10-11)16-6-8-18-9-7-16/h1,3-4,10H,5-9H2,(H,14,17). The average Bonchev–Trinajstić information content (AvgIpc) is 2.46. The third kappa shape index (κ3) is 2.99. The SMILES string of the molecule is C#CCNC(=O)c1ccc(N2CCOCC2)nc1. The van der Waals surface area contributed by atoms with Gasteiger partial charge in [0.2, 0.25) is 0 Å². The van der Waals surface area contributed by atoms with Gasteiger partial charge in [0.05, 0.1) is 25.3 Å². The second-order valence-electron chi connectivity index (χ2n) is 3.89. The Kier molecular flexibility index (Phi) is 4.15. The van der Waals surface area contributed by atoms with E-state index >= 15 is 0 Å². The lowest BCUT2D eigenvalue weighted by Crippen LogP contribution is -2.36. The highest BCUT2D eigenvalue weighted by atomic mass is 16.5. The number of hydrogen-bond donors (Lipinski definition) is 1. The van der Waals surface area contributed by atoms with Gasteiger partial charge in [-0.25, -0.2) is 4.98 Å². The van der Waals surface area contributed by atoms with Crippen LogP contribution in [0.15, 0.2) is 18.3 Å². The summed E-state index contributed by atoms with van der Waals surface area (Å²) in [6.45, 7) is 3.31. The Hall–Kier alpha value is -2.06. The van der Waals surface area contributed by atoms with Crippen molar-refractivity contribution in [3.8, 4) is 12.3 Å². The Morgan fingerprint density at radius 3 is 2.89 bits per heavy atom. The number of carbonyl (C=O) groups excluding carboxylic acids is 1. The van der Waals surface area contributed by atoms with E-state index in [-0.39, 0.29) is 12.5 Å². The fourth-order valence-electron chi connectivity index (χ4n) is 1.73.